The molecule has 0 radical (unpaired) electrons. The molecule has 2 aromatic rings. The molecule has 108 valence electrons. The van der Waals surface area contributed by atoms with Crippen molar-refractivity contribution in [3.8, 4) is 0 Å². The van der Waals surface area contributed by atoms with Crippen LogP contribution in [0.1, 0.15) is 23.6 Å². The van der Waals surface area contributed by atoms with E-state index in [2.05, 4.69) is 40.7 Å². The molecule has 0 amide bonds. The number of benzene rings is 1. The number of hydrogen-bond donors (Lipinski definition) is 2. The summed E-state index contributed by atoms with van der Waals surface area (Å²) in [5, 5.41) is 7.89. The maximum Gasteiger partial charge on any atom is 0.191 e. The van der Waals surface area contributed by atoms with Crippen LogP contribution in [-0.2, 0) is 0 Å². The van der Waals surface area contributed by atoms with Gasteiger partial charge >= 0.3 is 0 Å². The van der Waals surface area contributed by atoms with Gasteiger partial charge in [0.25, 0.3) is 0 Å². The highest BCUT2D eigenvalue weighted by Gasteiger charge is 2.03. The van der Waals surface area contributed by atoms with Gasteiger partial charge in [-0.2, -0.15) is 5.10 Å². The van der Waals surface area contributed by atoms with E-state index in [4.69, 9.17) is 12.2 Å². The largest absolute Gasteiger partial charge is 0.331 e. The second-order valence-electron chi connectivity index (χ2n) is 4.75. The first-order chi connectivity index (χ1) is 10.1. The third-order valence-electron chi connectivity index (χ3n) is 3.26. The summed E-state index contributed by atoms with van der Waals surface area (Å²) in [4.78, 5) is 4.06. The van der Waals surface area contributed by atoms with Gasteiger partial charge in [-0.05, 0) is 56.2 Å². The highest BCUT2D eigenvalue weighted by atomic mass is 32.1. The molecule has 0 aliphatic heterocycles. The van der Waals surface area contributed by atoms with Crippen molar-refractivity contribution in [2.45, 2.75) is 20.8 Å². The number of rotatable bonds is 3. The Morgan fingerprint density at radius 1 is 1.19 bits per heavy atom. The minimum absolute atomic E-state index is 0.465. The second-order valence-corrected chi connectivity index (χ2v) is 5.16. The van der Waals surface area contributed by atoms with Crippen LogP contribution in [0.4, 0.5) is 5.69 Å². The van der Waals surface area contributed by atoms with Crippen LogP contribution in [0.5, 0.6) is 0 Å². The molecule has 0 saturated heterocycles. The van der Waals surface area contributed by atoms with E-state index in [1.165, 1.54) is 11.1 Å². The molecule has 21 heavy (non-hydrogen) atoms. The monoisotopic (exact) mass is 298 g/mol. The van der Waals surface area contributed by atoms with Gasteiger partial charge in [-0.3, -0.25) is 10.4 Å². The molecule has 1 aromatic heterocycles. The van der Waals surface area contributed by atoms with Gasteiger partial charge in [-0.25, -0.2) is 0 Å². The fourth-order valence-corrected chi connectivity index (χ4v) is 1.97. The molecule has 1 heterocycles. The second kappa shape index (κ2) is 6.95. The number of aromatic nitrogens is 1. The quantitative estimate of drug-likeness (QED) is 0.518. The lowest BCUT2D eigenvalue weighted by Gasteiger charge is -2.12. The molecule has 0 fully saturated rings. The highest BCUT2D eigenvalue weighted by molar-refractivity contribution is 7.80. The molecular formula is C16H18N4S. The zero-order chi connectivity index (χ0) is 15.2. The van der Waals surface area contributed by atoms with Gasteiger partial charge in [-0.15, -0.1) is 0 Å². The van der Waals surface area contributed by atoms with Crippen LogP contribution >= 0.6 is 12.2 Å². The topological polar surface area (TPSA) is 49.3 Å². The van der Waals surface area contributed by atoms with Gasteiger partial charge in [0.05, 0.1) is 5.71 Å². The van der Waals surface area contributed by atoms with Crippen LogP contribution in [0.25, 0.3) is 0 Å². The first-order valence-corrected chi connectivity index (χ1v) is 7.06. The average Bonchev–Trinajstić information content (AvgIpc) is 2.50. The molecule has 0 spiro atoms. The molecule has 0 bridgehead atoms. The van der Waals surface area contributed by atoms with Crippen LogP contribution in [0.3, 0.4) is 0 Å². The number of anilines is 1. The normalized spacial score (nSPS) is 11.1. The van der Waals surface area contributed by atoms with Gasteiger partial charge in [0, 0.05) is 23.6 Å². The first kappa shape index (κ1) is 15.1. The molecule has 0 saturated carbocycles. The molecule has 5 heteroatoms. The number of hydrazone groups is 1. The van der Waals surface area contributed by atoms with Gasteiger partial charge in [0.15, 0.2) is 5.11 Å². The molecule has 0 unspecified atom stereocenters. The Morgan fingerprint density at radius 3 is 2.71 bits per heavy atom. The van der Waals surface area contributed by atoms with E-state index in [9.17, 15) is 0 Å². The molecule has 0 aliphatic carbocycles. The molecule has 2 N–H and O–H groups in total. The van der Waals surface area contributed by atoms with Crippen molar-refractivity contribution >= 4 is 28.7 Å². The van der Waals surface area contributed by atoms with E-state index in [1.807, 2.05) is 31.2 Å². The van der Waals surface area contributed by atoms with Crippen LogP contribution in [0.2, 0.25) is 0 Å². The Balaban J connectivity index is 2.01. The lowest BCUT2D eigenvalue weighted by Crippen LogP contribution is -2.25. The smallest absolute Gasteiger partial charge is 0.191 e. The highest BCUT2D eigenvalue weighted by Crippen LogP contribution is 2.17. The lowest BCUT2D eigenvalue weighted by molar-refractivity contribution is 1.04. The van der Waals surface area contributed by atoms with Crippen LogP contribution in [-0.4, -0.2) is 15.8 Å². The van der Waals surface area contributed by atoms with Gasteiger partial charge in [-0.1, -0.05) is 18.2 Å². The summed E-state index contributed by atoms with van der Waals surface area (Å²) in [7, 11) is 0. The van der Waals surface area contributed by atoms with Gasteiger partial charge in [0.1, 0.15) is 0 Å². The van der Waals surface area contributed by atoms with Crippen molar-refractivity contribution in [1.29, 1.82) is 0 Å². The Morgan fingerprint density at radius 2 is 2.00 bits per heavy atom. The third-order valence-corrected chi connectivity index (χ3v) is 3.45. The number of hydrogen-bond acceptors (Lipinski definition) is 3. The van der Waals surface area contributed by atoms with Gasteiger partial charge in [0.2, 0.25) is 0 Å². The first-order valence-electron chi connectivity index (χ1n) is 6.66. The summed E-state index contributed by atoms with van der Waals surface area (Å²) < 4.78 is 0. The van der Waals surface area contributed by atoms with Crippen molar-refractivity contribution in [3.05, 3.63) is 59.4 Å². The summed E-state index contributed by atoms with van der Waals surface area (Å²) in [6.07, 6.45) is 3.50. The summed E-state index contributed by atoms with van der Waals surface area (Å²) >= 11 is 5.26. The van der Waals surface area contributed by atoms with E-state index in [1.54, 1.807) is 12.4 Å². The molecule has 4 nitrogen and oxygen atoms in total. The lowest BCUT2D eigenvalue weighted by atomic mass is 10.1. The minimum Gasteiger partial charge on any atom is -0.331 e. The standard InChI is InChI=1S/C16H18N4S/c1-11-6-4-8-15(12(11)2)18-16(21)20-19-13(3)14-7-5-9-17-10-14/h4-10H,1-3H3,(H2,18,20,21)/b19-13+. The maximum absolute atomic E-state index is 5.26. The van der Waals surface area contributed by atoms with Crippen LogP contribution in [0, 0.1) is 13.8 Å². The molecule has 0 atom stereocenters. The number of nitrogens with zero attached hydrogens (tertiary/aromatic N) is 2. The number of nitrogens with one attached hydrogen (secondary N) is 2. The van der Waals surface area contributed by atoms with Crippen LogP contribution in [0.15, 0.2) is 47.8 Å². The van der Waals surface area contributed by atoms with Crippen molar-refractivity contribution in [3.63, 3.8) is 0 Å². The molecular weight excluding hydrogens is 280 g/mol. The van der Waals surface area contributed by atoms with Crippen molar-refractivity contribution in [1.82, 2.24) is 10.4 Å². The Kier molecular flexibility index (Phi) is 5.00. The SMILES string of the molecule is C/C(=N\NC(=S)Nc1cccc(C)c1C)c1cccnc1. The van der Waals surface area contributed by atoms with Crippen molar-refractivity contribution in [2.75, 3.05) is 5.32 Å². The van der Waals surface area contributed by atoms with Crippen LogP contribution < -0.4 is 10.7 Å². The molecule has 1 aromatic carbocycles. The Hall–Kier alpha value is -2.27. The molecule has 0 aliphatic rings. The number of thiocarbonyl (C=S) groups is 1. The maximum atomic E-state index is 5.26. The fourth-order valence-electron chi connectivity index (χ4n) is 1.81. The summed E-state index contributed by atoms with van der Waals surface area (Å²) in [5.74, 6) is 0. The van der Waals surface area contributed by atoms with Crippen molar-refractivity contribution < 1.29 is 0 Å². The van der Waals surface area contributed by atoms with Gasteiger partial charge < -0.3 is 5.32 Å². The zero-order valence-electron chi connectivity index (χ0n) is 12.3. The van der Waals surface area contributed by atoms with E-state index in [-0.39, 0.29) is 0 Å². The summed E-state index contributed by atoms with van der Waals surface area (Å²) in [6.45, 7) is 6.04. The Bertz CT molecular complexity index is 665. The van der Waals surface area contributed by atoms with E-state index < -0.39 is 0 Å². The van der Waals surface area contributed by atoms with Crippen molar-refractivity contribution in [2.24, 2.45) is 5.10 Å². The zero-order valence-corrected chi connectivity index (χ0v) is 13.2. The van der Waals surface area contributed by atoms with E-state index in [0.29, 0.717) is 5.11 Å². The van der Waals surface area contributed by atoms with E-state index in [0.717, 1.165) is 17.0 Å². The average molecular weight is 298 g/mol. The van der Waals surface area contributed by atoms with E-state index >= 15 is 0 Å². The number of aryl methyl sites for hydroxylation is 1. The predicted octanol–water partition coefficient (Wildman–Crippen LogP) is 3.41. The third kappa shape index (κ3) is 4.10. The Labute approximate surface area is 130 Å². The molecule has 2 rings (SSSR count). The predicted molar refractivity (Wildman–Crippen MR) is 91.7 cm³/mol. The number of pyridine rings is 1. The summed E-state index contributed by atoms with van der Waals surface area (Å²) in [5.41, 5.74) is 8.03. The fraction of sp³-hybridized carbons (Fsp3) is 0.188. The minimum atomic E-state index is 0.465. The summed E-state index contributed by atoms with van der Waals surface area (Å²) in [6, 6.07) is 9.89.